The number of hydrogen-bond donors (Lipinski definition) is 1. The highest BCUT2D eigenvalue weighted by Crippen LogP contribution is 2.17. The first-order valence-electron chi connectivity index (χ1n) is 6.06. The third kappa shape index (κ3) is 3.46. The van der Waals surface area contributed by atoms with Crippen molar-refractivity contribution >= 4 is 21.5 Å². The number of ketones is 1. The molecule has 0 aliphatic rings. The summed E-state index contributed by atoms with van der Waals surface area (Å²) in [5.74, 6) is -0.126. The van der Waals surface area contributed by atoms with E-state index in [9.17, 15) is 13.2 Å². The van der Waals surface area contributed by atoms with E-state index in [0.717, 1.165) is 0 Å². The van der Waals surface area contributed by atoms with Gasteiger partial charge in [-0.3, -0.25) is 9.52 Å². The van der Waals surface area contributed by atoms with Gasteiger partial charge < -0.3 is 0 Å². The number of benzene rings is 2. The van der Waals surface area contributed by atoms with E-state index in [1.165, 1.54) is 55.5 Å². The van der Waals surface area contributed by atoms with Crippen LogP contribution in [-0.4, -0.2) is 14.2 Å². The minimum atomic E-state index is -3.72. The molecule has 106 valence electrons. The van der Waals surface area contributed by atoms with E-state index in [1.54, 1.807) is 0 Å². The van der Waals surface area contributed by atoms with Gasteiger partial charge in [-0.1, -0.05) is 12.1 Å². The molecule has 6 heteroatoms. The molecule has 0 radical (unpaired) electrons. The number of carbonyl (C=O) groups excluding carboxylic acids is 1. The van der Waals surface area contributed by atoms with Crippen LogP contribution in [0, 0.1) is 11.3 Å². The first-order chi connectivity index (χ1) is 9.92. The maximum absolute atomic E-state index is 12.2. The van der Waals surface area contributed by atoms with Gasteiger partial charge >= 0.3 is 0 Å². The molecule has 0 bridgehead atoms. The number of anilines is 1. The summed E-state index contributed by atoms with van der Waals surface area (Å²) in [6, 6.07) is 13.7. The lowest BCUT2D eigenvalue weighted by molar-refractivity contribution is 0.101. The smallest absolute Gasteiger partial charge is 0.261 e. The minimum Gasteiger partial charge on any atom is -0.295 e. The van der Waals surface area contributed by atoms with Gasteiger partial charge in [-0.15, -0.1) is 0 Å². The molecule has 0 saturated carbocycles. The number of nitrogens with zero attached hydrogens (tertiary/aromatic N) is 1. The molecule has 0 amide bonds. The molecule has 0 unspecified atom stereocenters. The standard InChI is InChI=1S/C15H12N2O3S/c1-11(18)13-4-8-15(9-5-13)21(19,20)17-14-6-2-12(10-16)3-7-14/h2-9,17H,1H3. The Hall–Kier alpha value is -2.65. The largest absolute Gasteiger partial charge is 0.295 e. The Labute approximate surface area is 122 Å². The molecule has 0 fully saturated rings. The molecule has 0 aromatic heterocycles. The monoisotopic (exact) mass is 300 g/mol. The number of sulfonamides is 1. The van der Waals surface area contributed by atoms with Crippen LogP contribution in [0.25, 0.3) is 0 Å². The maximum atomic E-state index is 12.2. The van der Waals surface area contributed by atoms with E-state index in [1.807, 2.05) is 6.07 Å². The Morgan fingerprint density at radius 3 is 2.10 bits per heavy atom. The number of rotatable bonds is 4. The number of nitriles is 1. The molecule has 0 saturated heterocycles. The number of nitrogens with one attached hydrogen (secondary N) is 1. The summed E-state index contributed by atoms with van der Waals surface area (Å²) in [6.07, 6.45) is 0. The number of carbonyl (C=O) groups is 1. The Bertz CT molecular complexity index is 801. The van der Waals surface area contributed by atoms with E-state index in [0.29, 0.717) is 16.8 Å². The highest BCUT2D eigenvalue weighted by molar-refractivity contribution is 7.92. The van der Waals surface area contributed by atoms with Gasteiger partial charge in [0, 0.05) is 11.3 Å². The van der Waals surface area contributed by atoms with Crippen molar-refractivity contribution in [2.45, 2.75) is 11.8 Å². The summed E-state index contributed by atoms with van der Waals surface area (Å²) in [6.45, 7) is 1.42. The van der Waals surface area contributed by atoms with Crippen LogP contribution in [0.5, 0.6) is 0 Å². The quantitative estimate of drug-likeness (QED) is 0.879. The molecule has 0 aliphatic carbocycles. The zero-order valence-electron chi connectivity index (χ0n) is 11.2. The lowest BCUT2D eigenvalue weighted by Gasteiger charge is -2.08. The van der Waals surface area contributed by atoms with Crippen molar-refractivity contribution in [3.63, 3.8) is 0 Å². The van der Waals surface area contributed by atoms with E-state index in [-0.39, 0.29) is 10.7 Å². The van der Waals surface area contributed by atoms with Gasteiger partial charge in [0.2, 0.25) is 0 Å². The van der Waals surface area contributed by atoms with Gasteiger partial charge in [-0.2, -0.15) is 5.26 Å². The SMILES string of the molecule is CC(=O)c1ccc(S(=O)(=O)Nc2ccc(C#N)cc2)cc1. The van der Waals surface area contributed by atoms with Gasteiger partial charge in [0.05, 0.1) is 16.5 Å². The van der Waals surface area contributed by atoms with Crippen molar-refractivity contribution in [1.29, 1.82) is 5.26 Å². The lowest BCUT2D eigenvalue weighted by Crippen LogP contribution is -2.13. The molecule has 1 N–H and O–H groups in total. The summed E-state index contributed by atoms with van der Waals surface area (Å²) >= 11 is 0. The van der Waals surface area contributed by atoms with E-state index in [2.05, 4.69) is 4.72 Å². The molecule has 5 nitrogen and oxygen atoms in total. The van der Waals surface area contributed by atoms with Gasteiger partial charge in [0.25, 0.3) is 10.0 Å². The highest BCUT2D eigenvalue weighted by atomic mass is 32.2. The Balaban J connectivity index is 2.25. The van der Waals surface area contributed by atoms with Gasteiger partial charge in [-0.05, 0) is 43.3 Å². The molecule has 2 aromatic rings. The molecule has 21 heavy (non-hydrogen) atoms. The summed E-state index contributed by atoms with van der Waals surface area (Å²) in [5.41, 5.74) is 1.26. The molecule has 0 atom stereocenters. The minimum absolute atomic E-state index is 0.0665. The fourth-order valence-electron chi connectivity index (χ4n) is 1.70. The Kier molecular flexibility index (Phi) is 4.05. The van der Waals surface area contributed by atoms with Crippen LogP contribution in [-0.2, 0) is 10.0 Å². The topological polar surface area (TPSA) is 87.0 Å². The fraction of sp³-hybridized carbons (Fsp3) is 0.0667. The predicted molar refractivity (Wildman–Crippen MR) is 78.4 cm³/mol. The van der Waals surface area contributed by atoms with Crippen LogP contribution in [0.1, 0.15) is 22.8 Å². The van der Waals surface area contributed by atoms with Crippen molar-refractivity contribution in [2.24, 2.45) is 0 Å². The molecular weight excluding hydrogens is 288 g/mol. The maximum Gasteiger partial charge on any atom is 0.261 e. The second-order valence-electron chi connectivity index (χ2n) is 4.38. The normalized spacial score (nSPS) is 10.7. The Morgan fingerprint density at radius 2 is 1.62 bits per heavy atom. The molecular formula is C15H12N2O3S. The lowest BCUT2D eigenvalue weighted by atomic mass is 10.2. The van der Waals surface area contributed by atoms with Gasteiger partial charge in [0.1, 0.15) is 0 Å². The second-order valence-corrected chi connectivity index (χ2v) is 6.06. The van der Waals surface area contributed by atoms with Crippen molar-refractivity contribution in [3.05, 3.63) is 59.7 Å². The first kappa shape index (κ1) is 14.8. The Morgan fingerprint density at radius 1 is 1.05 bits per heavy atom. The first-order valence-corrected chi connectivity index (χ1v) is 7.55. The summed E-state index contributed by atoms with van der Waals surface area (Å²) < 4.78 is 26.8. The van der Waals surface area contributed by atoms with Gasteiger partial charge in [0.15, 0.2) is 5.78 Å². The second kappa shape index (κ2) is 5.77. The summed E-state index contributed by atoms with van der Waals surface area (Å²) in [7, 11) is -3.72. The van der Waals surface area contributed by atoms with Crippen LogP contribution in [0.2, 0.25) is 0 Å². The van der Waals surface area contributed by atoms with Crippen LogP contribution in [0.15, 0.2) is 53.4 Å². The zero-order valence-corrected chi connectivity index (χ0v) is 12.0. The predicted octanol–water partition coefficient (Wildman–Crippen LogP) is 2.56. The molecule has 2 aromatic carbocycles. The van der Waals surface area contributed by atoms with Crippen LogP contribution in [0.3, 0.4) is 0 Å². The van der Waals surface area contributed by atoms with E-state index < -0.39 is 10.0 Å². The zero-order chi connectivity index (χ0) is 15.5. The van der Waals surface area contributed by atoms with E-state index in [4.69, 9.17) is 5.26 Å². The summed E-state index contributed by atoms with van der Waals surface area (Å²) in [5, 5.41) is 8.69. The fourth-order valence-corrected chi connectivity index (χ4v) is 2.75. The van der Waals surface area contributed by atoms with Crippen LogP contribution >= 0.6 is 0 Å². The molecule has 0 spiro atoms. The molecule has 2 rings (SSSR count). The van der Waals surface area contributed by atoms with Crippen molar-refractivity contribution < 1.29 is 13.2 Å². The third-order valence-electron chi connectivity index (χ3n) is 2.84. The summed E-state index contributed by atoms with van der Waals surface area (Å²) in [4.78, 5) is 11.2. The average Bonchev–Trinajstić information content (AvgIpc) is 2.48. The van der Waals surface area contributed by atoms with Crippen molar-refractivity contribution in [3.8, 4) is 6.07 Å². The van der Waals surface area contributed by atoms with Crippen molar-refractivity contribution in [1.82, 2.24) is 0 Å². The highest BCUT2D eigenvalue weighted by Gasteiger charge is 2.14. The number of hydrogen-bond acceptors (Lipinski definition) is 4. The average molecular weight is 300 g/mol. The van der Waals surface area contributed by atoms with Crippen LogP contribution in [0.4, 0.5) is 5.69 Å². The number of Topliss-reactive ketones (excluding diaryl/α,β-unsaturated/α-hetero) is 1. The molecule has 0 heterocycles. The van der Waals surface area contributed by atoms with Crippen LogP contribution < -0.4 is 4.72 Å². The van der Waals surface area contributed by atoms with Crippen molar-refractivity contribution in [2.75, 3.05) is 4.72 Å². The van der Waals surface area contributed by atoms with E-state index >= 15 is 0 Å². The third-order valence-corrected chi connectivity index (χ3v) is 4.23. The van der Waals surface area contributed by atoms with Gasteiger partial charge in [-0.25, -0.2) is 8.42 Å². The molecule has 0 aliphatic heterocycles.